The Morgan fingerprint density at radius 2 is 1.20 bits per heavy atom. The van der Waals surface area contributed by atoms with Gasteiger partial charge in [-0.2, -0.15) is 13.2 Å². The van der Waals surface area contributed by atoms with Crippen LogP contribution >= 0.6 is 0 Å². The molecule has 0 amide bonds. The number of aryl methyl sites for hydroxylation is 3. The molecule has 138 valence electrons. The molecule has 0 atom stereocenters. The zero-order valence-corrected chi connectivity index (χ0v) is 15.7. The summed E-state index contributed by atoms with van der Waals surface area (Å²) in [7, 11) is -6.00. The molecule has 0 heterocycles. The normalized spacial score (nSPS) is 11.8. The first kappa shape index (κ1) is 21.8. The van der Waals surface area contributed by atoms with Gasteiger partial charge in [0.15, 0.2) is 7.14 Å². The molecule has 2 rings (SSSR count). The second kappa shape index (κ2) is 8.42. The minimum Gasteiger partial charge on any atom is -0.418 e. The van der Waals surface area contributed by atoms with Crippen LogP contribution < -0.4 is 21.2 Å². The van der Waals surface area contributed by atoms with Crippen molar-refractivity contribution in [3.63, 3.8) is 0 Å². The summed E-state index contributed by atoms with van der Waals surface area (Å²) in [5.74, 6) is 0. The summed E-state index contributed by atoms with van der Waals surface area (Å²) in [6.45, 7) is 6.19. The second-order valence-electron chi connectivity index (χ2n) is 5.31. The van der Waals surface area contributed by atoms with E-state index in [1.54, 1.807) is 12.1 Å². The number of rotatable bonds is 2. The summed E-state index contributed by atoms with van der Waals surface area (Å²) < 4.78 is 78.9. The Labute approximate surface area is 151 Å². The Morgan fingerprint density at radius 1 is 0.800 bits per heavy atom. The number of alkyl halides is 3. The topological polar surface area (TPSA) is 0 Å². The summed E-state index contributed by atoms with van der Waals surface area (Å²) >= 11 is -0.444. The quantitative estimate of drug-likeness (QED) is 0.354. The van der Waals surface area contributed by atoms with Gasteiger partial charge in [-0.3, -0.25) is 0 Å². The summed E-state index contributed by atoms with van der Waals surface area (Å²) in [4.78, 5) is 0. The second-order valence-corrected chi connectivity index (χ2v) is 8.17. The highest BCUT2D eigenvalue weighted by Gasteiger charge is 2.31. The summed E-state index contributed by atoms with van der Waals surface area (Å²) in [5.41, 5.74) is 3.10. The molecule has 0 radical (unpaired) electrons. The van der Waals surface area contributed by atoms with E-state index in [9.17, 15) is 30.4 Å². The zero-order chi connectivity index (χ0) is 19.4. The lowest BCUT2D eigenvalue weighted by molar-refractivity contribution is -0.598. The molecule has 0 aliphatic carbocycles. The van der Waals surface area contributed by atoms with Gasteiger partial charge in [-0.1, -0.05) is 17.7 Å². The lowest BCUT2D eigenvalue weighted by Gasteiger charge is -2.05. The van der Waals surface area contributed by atoms with E-state index in [1.165, 1.54) is 32.4 Å². The van der Waals surface area contributed by atoms with Crippen LogP contribution in [0.4, 0.5) is 30.4 Å². The first-order valence-electron chi connectivity index (χ1n) is 7.04. The number of halogens is 8. The molecule has 25 heavy (non-hydrogen) atoms. The SMILES string of the molecule is Cc1cc(C)c([I+]c2ccc(C(F)(F)F)cc2)c(C)c1.F[B-](F)(F)F. The van der Waals surface area contributed by atoms with Gasteiger partial charge in [-0.05, 0) is 45.0 Å². The third kappa shape index (κ3) is 8.11. The molecule has 0 aromatic heterocycles. The van der Waals surface area contributed by atoms with E-state index in [4.69, 9.17) is 0 Å². The van der Waals surface area contributed by atoms with Gasteiger partial charge in [-0.15, -0.1) is 0 Å². The molecule has 0 aliphatic heterocycles. The lowest BCUT2D eigenvalue weighted by Crippen LogP contribution is -3.62. The highest BCUT2D eigenvalue weighted by Crippen LogP contribution is 2.28. The number of benzene rings is 2. The minimum atomic E-state index is -6.00. The maximum absolute atomic E-state index is 12.5. The van der Waals surface area contributed by atoms with Crippen LogP contribution in [0.2, 0.25) is 0 Å². The van der Waals surface area contributed by atoms with Crippen molar-refractivity contribution >= 4 is 7.25 Å². The monoisotopic (exact) mass is 478 g/mol. The molecule has 0 N–H and O–H groups in total. The van der Waals surface area contributed by atoms with Crippen molar-refractivity contribution in [2.75, 3.05) is 0 Å². The molecular weight excluding hydrogens is 463 g/mol. The van der Waals surface area contributed by atoms with Crippen molar-refractivity contribution in [1.29, 1.82) is 0 Å². The standard InChI is InChI=1S/C16H15F3I.BF4/c1-10-8-11(2)15(12(3)9-10)20-14-6-4-13(5-7-14)16(17,18)19;2-1(3,4)5/h4-9H,1-3H3;/q+1;-1. The van der Waals surface area contributed by atoms with Crippen molar-refractivity contribution < 1.29 is 51.6 Å². The molecule has 9 heteroatoms. The fraction of sp³-hybridized carbons (Fsp3) is 0.250. The van der Waals surface area contributed by atoms with Crippen LogP contribution in [-0.4, -0.2) is 7.25 Å². The van der Waals surface area contributed by atoms with E-state index in [2.05, 4.69) is 32.9 Å². The fourth-order valence-corrected chi connectivity index (χ4v) is 4.63. The van der Waals surface area contributed by atoms with Crippen LogP contribution in [0, 0.1) is 27.9 Å². The van der Waals surface area contributed by atoms with Crippen molar-refractivity contribution in [2.45, 2.75) is 26.9 Å². The molecule has 0 saturated heterocycles. The van der Waals surface area contributed by atoms with Gasteiger partial charge in [0.1, 0.15) is 0 Å². The van der Waals surface area contributed by atoms with E-state index in [0.717, 1.165) is 3.57 Å². The molecule has 0 aliphatic rings. The van der Waals surface area contributed by atoms with Crippen LogP contribution in [0.1, 0.15) is 22.3 Å². The maximum Gasteiger partial charge on any atom is 0.673 e. The zero-order valence-electron chi connectivity index (χ0n) is 13.6. The Hall–Kier alpha value is -1.26. The van der Waals surface area contributed by atoms with Crippen LogP contribution in [0.5, 0.6) is 0 Å². The van der Waals surface area contributed by atoms with Crippen molar-refractivity contribution in [2.24, 2.45) is 0 Å². The lowest BCUT2D eigenvalue weighted by atomic mass is 10.1. The van der Waals surface area contributed by atoms with E-state index in [0.29, 0.717) is 0 Å². The summed E-state index contributed by atoms with van der Waals surface area (Å²) in [6.07, 6.45) is -4.26. The van der Waals surface area contributed by atoms with E-state index < -0.39 is 40.2 Å². The number of hydrogen-bond acceptors (Lipinski definition) is 0. The third-order valence-corrected chi connectivity index (χ3v) is 6.54. The Bertz CT molecular complexity index is 677. The van der Waals surface area contributed by atoms with E-state index in [-0.39, 0.29) is 0 Å². The minimum absolute atomic E-state index is 0.444. The highest BCUT2D eigenvalue weighted by atomic mass is 127. The van der Waals surface area contributed by atoms with Crippen LogP contribution in [0.15, 0.2) is 36.4 Å². The smallest absolute Gasteiger partial charge is 0.418 e. The maximum atomic E-state index is 12.5. The van der Waals surface area contributed by atoms with E-state index in [1.807, 2.05) is 0 Å². The Morgan fingerprint density at radius 3 is 1.56 bits per heavy atom. The summed E-state index contributed by atoms with van der Waals surface area (Å²) in [5, 5.41) is 0. The Balaban J connectivity index is 0.000000550. The van der Waals surface area contributed by atoms with Gasteiger partial charge in [-0.25, -0.2) is 0 Å². The molecule has 2 aromatic carbocycles. The van der Waals surface area contributed by atoms with Crippen molar-refractivity contribution in [3.8, 4) is 0 Å². The molecule has 0 saturated carbocycles. The van der Waals surface area contributed by atoms with Gasteiger partial charge in [0.25, 0.3) is 0 Å². The van der Waals surface area contributed by atoms with Crippen LogP contribution in [0.3, 0.4) is 0 Å². The summed E-state index contributed by atoms with van der Waals surface area (Å²) in [6, 6.07) is 9.82. The molecule has 0 spiro atoms. The largest absolute Gasteiger partial charge is 0.673 e. The molecule has 0 unspecified atom stereocenters. The van der Waals surface area contributed by atoms with Gasteiger partial charge in [0.05, 0.1) is 5.56 Å². The Kier molecular flexibility index (Phi) is 7.34. The van der Waals surface area contributed by atoms with Gasteiger partial charge >= 0.3 is 34.6 Å². The van der Waals surface area contributed by atoms with Crippen LogP contribution in [-0.2, 0) is 6.18 Å². The van der Waals surface area contributed by atoms with Crippen LogP contribution in [0.25, 0.3) is 0 Å². The molecule has 0 nitrogen and oxygen atoms in total. The average molecular weight is 478 g/mol. The third-order valence-electron chi connectivity index (χ3n) is 2.96. The van der Waals surface area contributed by atoms with Gasteiger partial charge < -0.3 is 17.3 Å². The highest BCUT2D eigenvalue weighted by molar-refractivity contribution is 6.50. The van der Waals surface area contributed by atoms with Crippen molar-refractivity contribution in [1.82, 2.24) is 0 Å². The van der Waals surface area contributed by atoms with E-state index >= 15 is 0 Å². The first-order valence-corrected chi connectivity index (χ1v) is 9.20. The number of hydrogen-bond donors (Lipinski definition) is 0. The van der Waals surface area contributed by atoms with Gasteiger partial charge in [0, 0.05) is 11.1 Å². The predicted octanol–water partition coefficient (Wildman–Crippen LogP) is 3.06. The van der Waals surface area contributed by atoms with Gasteiger partial charge in [0.2, 0.25) is 0 Å². The molecule has 0 bridgehead atoms. The average Bonchev–Trinajstić information content (AvgIpc) is 2.40. The van der Waals surface area contributed by atoms with Crippen molar-refractivity contribution in [3.05, 3.63) is 65.8 Å². The predicted molar refractivity (Wildman–Crippen MR) is 79.7 cm³/mol. The fourth-order valence-electron chi connectivity index (χ4n) is 2.12. The molecule has 2 aromatic rings. The first-order chi connectivity index (χ1) is 11.3. The molecule has 0 fully saturated rings. The molecular formula is C16H15BF7I.